The summed E-state index contributed by atoms with van der Waals surface area (Å²) in [5.41, 5.74) is 0.783. The number of hydrogen-bond donors (Lipinski definition) is 0. The van der Waals surface area contributed by atoms with Gasteiger partial charge in [0.15, 0.2) is 0 Å². The lowest BCUT2D eigenvalue weighted by molar-refractivity contribution is 0.220. The molecule has 1 saturated heterocycles. The van der Waals surface area contributed by atoms with E-state index in [1.165, 1.54) is 12.1 Å². The maximum Gasteiger partial charge on any atom is 0.269 e. The zero-order chi connectivity index (χ0) is 13.2. The first-order chi connectivity index (χ1) is 8.52. The minimum Gasteiger partial charge on any atom is -0.345 e. The SMILES string of the molecule is CCS(=O)(=O)O[C@H]1CCCN1c1ccc(F)cc1. The normalized spacial score (nSPS) is 20.3. The van der Waals surface area contributed by atoms with Gasteiger partial charge in [-0.15, -0.1) is 0 Å². The molecule has 4 nitrogen and oxygen atoms in total. The van der Waals surface area contributed by atoms with Crippen molar-refractivity contribution in [3.05, 3.63) is 30.1 Å². The van der Waals surface area contributed by atoms with E-state index < -0.39 is 16.3 Å². The van der Waals surface area contributed by atoms with Gasteiger partial charge >= 0.3 is 0 Å². The molecule has 2 rings (SSSR count). The summed E-state index contributed by atoms with van der Waals surface area (Å²) in [6.07, 6.45) is 1.05. The van der Waals surface area contributed by atoms with Gasteiger partial charge in [-0.25, -0.2) is 8.57 Å². The van der Waals surface area contributed by atoms with Crippen LogP contribution in [0.5, 0.6) is 0 Å². The van der Waals surface area contributed by atoms with E-state index in [0.717, 1.165) is 18.7 Å². The van der Waals surface area contributed by atoms with Crippen molar-refractivity contribution in [1.29, 1.82) is 0 Å². The van der Waals surface area contributed by atoms with Crippen LogP contribution in [0, 0.1) is 5.82 Å². The molecule has 0 radical (unpaired) electrons. The van der Waals surface area contributed by atoms with Gasteiger partial charge in [-0.1, -0.05) is 0 Å². The summed E-state index contributed by atoms with van der Waals surface area (Å²) in [6.45, 7) is 2.27. The first-order valence-electron chi connectivity index (χ1n) is 5.95. The Hall–Kier alpha value is -1.14. The minimum atomic E-state index is -3.47. The van der Waals surface area contributed by atoms with Gasteiger partial charge in [-0.3, -0.25) is 0 Å². The Morgan fingerprint density at radius 3 is 2.67 bits per heavy atom. The van der Waals surface area contributed by atoms with E-state index in [2.05, 4.69) is 0 Å². The number of rotatable bonds is 4. The van der Waals surface area contributed by atoms with E-state index in [-0.39, 0.29) is 11.6 Å². The van der Waals surface area contributed by atoms with E-state index in [4.69, 9.17) is 4.18 Å². The standard InChI is InChI=1S/C12H16FNO3S/c1-2-18(15,16)17-12-4-3-9-14(12)11-7-5-10(13)6-8-11/h5-8,12H,2-4,9H2,1H3/t12-/m0/s1. The Labute approximate surface area is 106 Å². The molecular formula is C12H16FNO3S. The van der Waals surface area contributed by atoms with E-state index in [0.29, 0.717) is 6.42 Å². The third kappa shape index (κ3) is 3.00. The van der Waals surface area contributed by atoms with Crippen LogP contribution in [0.3, 0.4) is 0 Å². The average molecular weight is 273 g/mol. The number of nitrogens with zero attached hydrogens (tertiary/aromatic N) is 1. The van der Waals surface area contributed by atoms with Crippen LogP contribution in [0.25, 0.3) is 0 Å². The topological polar surface area (TPSA) is 46.6 Å². The Morgan fingerprint density at radius 1 is 1.39 bits per heavy atom. The molecule has 0 spiro atoms. The highest BCUT2D eigenvalue weighted by Crippen LogP contribution is 2.27. The summed E-state index contributed by atoms with van der Waals surface area (Å²) >= 11 is 0. The van der Waals surface area contributed by atoms with Gasteiger partial charge in [0.25, 0.3) is 10.1 Å². The zero-order valence-electron chi connectivity index (χ0n) is 10.2. The lowest BCUT2D eigenvalue weighted by Crippen LogP contribution is -2.33. The van der Waals surface area contributed by atoms with Crippen LogP contribution in [0.2, 0.25) is 0 Å². The fourth-order valence-electron chi connectivity index (χ4n) is 2.00. The molecule has 0 N–H and O–H groups in total. The highest BCUT2D eigenvalue weighted by atomic mass is 32.2. The molecule has 0 aliphatic carbocycles. The van der Waals surface area contributed by atoms with Crippen molar-refractivity contribution in [2.75, 3.05) is 17.2 Å². The summed E-state index contributed by atoms with van der Waals surface area (Å²) in [6, 6.07) is 5.99. The molecule has 1 heterocycles. The molecule has 0 aromatic heterocycles. The fourth-order valence-corrected chi connectivity index (χ4v) is 2.68. The molecule has 0 saturated carbocycles. The molecular weight excluding hydrogens is 257 g/mol. The third-order valence-corrected chi connectivity index (χ3v) is 4.19. The lowest BCUT2D eigenvalue weighted by atomic mass is 10.3. The van der Waals surface area contributed by atoms with Crippen LogP contribution in [0.15, 0.2) is 24.3 Å². The van der Waals surface area contributed by atoms with Gasteiger partial charge in [0, 0.05) is 12.2 Å². The van der Waals surface area contributed by atoms with Crippen LogP contribution >= 0.6 is 0 Å². The number of hydrogen-bond acceptors (Lipinski definition) is 4. The van der Waals surface area contributed by atoms with Crippen LogP contribution in [-0.4, -0.2) is 26.9 Å². The van der Waals surface area contributed by atoms with Crippen LogP contribution in [0.1, 0.15) is 19.8 Å². The molecule has 1 aliphatic heterocycles. The van der Waals surface area contributed by atoms with E-state index in [1.54, 1.807) is 19.1 Å². The second-order valence-corrected chi connectivity index (χ2v) is 6.09. The molecule has 1 aliphatic rings. The zero-order valence-corrected chi connectivity index (χ0v) is 11.0. The van der Waals surface area contributed by atoms with E-state index in [9.17, 15) is 12.8 Å². The predicted octanol–water partition coefficient (Wildman–Crippen LogP) is 2.12. The number of anilines is 1. The molecule has 1 aromatic carbocycles. The summed E-state index contributed by atoms with van der Waals surface area (Å²) in [4.78, 5) is 1.85. The van der Waals surface area contributed by atoms with Gasteiger partial charge in [0.2, 0.25) is 0 Å². The maximum atomic E-state index is 12.9. The molecule has 1 aromatic rings. The van der Waals surface area contributed by atoms with Crippen molar-refractivity contribution in [2.24, 2.45) is 0 Å². The quantitative estimate of drug-likeness (QED) is 0.788. The van der Waals surface area contributed by atoms with Gasteiger partial charge in [-0.05, 0) is 44.0 Å². The first kappa shape index (κ1) is 13.3. The minimum absolute atomic E-state index is 0.0409. The van der Waals surface area contributed by atoms with Crippen molar-refractivity contribution in [1.82, 2.24) is 0 Å². The molecule has 0 bridgehead atoms. The second kappa shape index (κ2) is 5.24. The summed E-state index contributed by atoms with van der Waals surface area (Å²) < 4.78 is 41.0. The van der Waals surface area contributed by atoms with Crippen molar-refractivity contribution >= 4 is 15.8 Å². The van der Waals surface area contributed by atoms with E-state index >= 15 is 0 Å². The molecule has 0 amide bonds. The first-order valence-corrected chi connectivity index (χ1v) is 7.53. The Kier molecular flexibility index (Phi) is 3.87. The third-order valence-electron chi connectivity index (χ3n) is 2.97. The lowest BCUT2D eigenvalue weighted by Gasteiger charge is -2.25. The van der Waals surface area contributed by atoms with Gasteiger partial charge < -0.3 is 4.90 Å². The molecule has 1 atom stereocenters. The Morgan fingerprint density at radius 2 is 2.06 bits per heavy atom. The molecule has 0 unspecified atom stereocenters. The average Bonchev–Trinajstić information content (AvgIpc) is 2.77. The van der Waals surface area contributed by atoms with Crippen LogP contribution in [-0.2, 0) is 14.3 Å². The predicted molar refractivity (Wildman–Crippen MR) is 67.3 cm³/mol. The van der Waals surface area contributed by atoms with Crippen LogP contribution < -0.4 is 4.90 Å². The van der Waals surface area contributed by atoms with Crippen molar-refractivity contribution in [3.8, 4) is 0 Å². The van der Waals surface area contributed by atoms with Crippen LogP contribution in [0.4, 0.5) is 10.1 Å². The smallest absolute Gasteiger partial charge is 0.269 e. The molecule has 1 fully saturated rings. The number of halogens is 1. The second-order valence-electron chi connectivity index (χ2n) is 4.21. The van der Waals surface area contributed by atoms with E-state index in [1.807, 2.05) is 4.90 Å². The summed E-state index contributed by atoms with van der Waals surface area (Å²) in [5, 5.41) is 0. The summed E-state index contributed by atoms with van der Waals surface area (Å²) in [5.74, 6) is -0.350. The Bertz CT molecular complexity index is 501. The van der Waals surface area contributed by atoms with Gasteiger partial charge in [0.1, 0.15) is 12.0 Å². The maximum absolute atomic E-state index is 12.9. The molecule has 18 heavy (non-hydrogen) atoms. The van der Waals surface area contributed by atoms with Crippen molar-refractivity contribution < 1.29 is 17.0 Å². The fraction of sp³-hybridized carbons (Fsp3) is 0.500. The van der Waals surface area contributed by atoms with Gasteiger partial charge in [0.05, 0.1) is 5.75 Å². The Balaban J connectivity index is 2.15. The van der Waals surface area contributed by atoms with Gasteiger partial charge in [-0.2, -0.15) is 8.42 Å². The highest BCUT2D eigenvalue weighted by molar-refractivity contribution is 7.86. The molecule has 6 heteroatoms. The highest BCUT2D eigenvalue weighted by Gasteiger charge is 2.29. The monoisotopic (exact) mass is 273 g/mol. The largest absolute Gasteiger partial charge is 0.345 e. The number of benzene rings is 1. The molecule has 100 valence electrons. The van der Waals surface area contributed by atoms with Crippen molar-refractivity contribution in [2.45, 2.75) is 26.0 Å². The summed E-state index contributed by atoms with van der Waals surface area (Å²) in [7, 11) is -3.47. The van der Waals surface area contributed by atoms with Crippen molar-refractivity contribution in [3.63, 3.8) is 0 Å².